The summed E-state index contributed by atoms with van der Waals surface area (Å²) in [6, 6.07) is 8.41. The van der Waals surface area contributed by atoms with E-state index in [9.17, 15) is 9.90 Å². The van der Waals surface area contributed by atoms with Crippen molar-refractivity contribution in [3.05, 3.63) is 30.3 Å². The van der Waals surface area contributed by atoms with Crippen molar-refractivity contribution in [2.75, 3.05) is 13.7 Å². The summed E-state index contributed by atoms with van der Waals surface area (Å²) >= 11 is 0. The smallest absolute Gasteiger partial charge is 0.323 e. The number of carbonyl (C=O) groups excluding carboxylic acids is 1. The van der Waals surface area contributed by atoms with E-state index in [1.165, 1.54) is 7.11 Å². The minimum Gasteiger partial charge on any atom is -0.462 e. The molecule has 0 radical (unpaired) electrons. The Labute approximate surface area is 157 Å². The van der Waals surface area contributed by atoms with Gasteiger partial charge >= 0.3 is 5.97 Å². The Bertz CT molecular complexity index is 596. The summed E-state index contributed by atoms with van der Waals surface area (Å²) in [7, 11) is 2.14. The molecule has 2 N–H and O–H groups in total. The van der Waals surface area contributed by atoms with Crippen molar-refractivity contribution in [2.45, 2.75) is 52.0 Å². The molecule has 9 heteroatoms. The first-order valence-electron chi connectivity index (χ1n) is 8.39. The molecule has 0 aromatic heterocycles. The maximum atomic E-state index is 12.1. The van der Waals surface area contributed by atoms with Gasteiger partial charge in [-0.3, -0.25) is 4.79 Å². The van der Waals surface area contributed by atoms with Crippen LogP contribution in [0.5, 0.6) is 5.75 Å². The van der Waals surface area contributed by atoms with Gasteiger partial charge in [0, 0.05) is 7.11 Å². The maximum absolute atomic E-state index is 12.1. The number of aliphatic hydroxyl groups is 1. The van der Waals surface area contributed by atoms with Crippen LogP contribution in [0, 0.1) is 0 Å². The second kappa shape index (κ2) is 11.0. The minimum absolute atomic E-state index is 0.0667. The number of carbonyl (C=O) groups is 1. The van der Waals surface area contributed by atoms with Crippen LogP contribution in [0.1, 0.15) is 27.7 Å². The normalized spacial score (nSPS) is 17.2. The van der Waals surface area contributed by atoms with Gasteiger partial charge in [0.2, 0.25) is 0 Å². The van der Waals surface area contributed by atoms with Gasteiger partial charge in [-0.25, -0.2) is 5.09 Å². The maximum Gasteiger partial charge on any atom is 0.323 e. The van der Waals surface area contributed by atoms with Gasteiger partial charge in [0.1, 0.15) is 17.9 Å². The Morgan fingerprint density at radius 2 is 1.85 bits per heavy atom. The SMILES string of the molecule is COC(COP(=P)(N[C@@H](C)C(=O)OC(C)C)Oc1ccccc1)[C@H](C)O. The average Bonchev–Trinajstić information content (AvgIpc) is 2.55. The highest BCUT2D eigenvalue weighted by molar-refractivity contribution is 7.91. The van der Waals surface area contributed by atoms with E-state index in [1.807, 2.05) is 18.2 Å². The zero-order chi connectivity index (χ0) is 19.7. The Kier molecular flexibility index (Phi) is 9.80. The van der Waals surface area contributed by atoms with Crippen molar-refractivity contribution in [1.82, 2.24) is 5.09 Å². The Hall–Kier alpha value is -0.940. The third-order valence-electron chi connectivity index (χ3n) is 3.31. The van der Waals surface area contributed by atoms with Crippen LogP contribution in [0.25, 0.3) is 0 Å². The summed E-state index contributed by atoms with van der Waals surface area (Å²) in [6.07, 6.45) is -1.48. The Morgan fingerprint density at radius 3 is 2.35 bits per heavy atom. The van der Waals surface area contributed by atoms with E-state index in [0.29, 0.717) is 5.75 Å². The highest BCUT2D eigenvalue weighted by Crippen LogP contribution is 2.50. The summed E-state index contributed by atoms with van der Waals surface area (Å²) in [5.41, 5.74) is 0. The lowest BCUT2D eigenvalue weighted by Gasteiger charge is -2.29. The number of esters is 1. The summed E-state index contributed by atoms with van der Waals surface area (Å²) in [6.45, 7) is 6.91. The minimum atomic E-state index is -2.89. The van der Waals surface area contributed by atoms with Gasteiger partial charge in [0.25, 0.3) is 7.15 Å². The number of para-hydroxylation sites is 1. The van der Waals surface area contributed by atoms with E-state index in [0.717, 1.165) is 0 Å². The fourth-order valence-electron chi connectivity index (χ4n) is 1.94. The number of methoxy groups -OCH3 is 1. The summed E-state index contributed by atoms with van der Waals surface area (Å²) in [5, 5.41) is 12.8. The largest absolute Gasteiger partial charge is 0.462 e. The standard InChI is InChI=1S/C17H29NO6P2/c1-12(2)23-17(20)13(3)18-26(25,22-11-16(21-5)14(4)19)24-15-9-7-6-8-10-15/h6-10,12-14,16,18-19,25H,11H2,1-5H3/t13-,14-,16?,26?/m0/s1. The molecule has 0 amide bonds. The van der Waals surface area contributed by atoms with Gasteiger partial charge in [-0.05, 0) is 48.4 Å². The van der Waals surface area contributed by atoms with Crippen molar-refractivity contribution >= 4 is 21.6 Å². The first-order chi connectivity index (χ1) is 12.2. The van der Waals surface area contributed by atoms with Crippen molar-refractivity contribution in [3.8, 4) is 5.75 Å². The van der Waals surface area contributed by atoms with Gasteiger partial charge in [-0.1, -0.05) is 18.2 Å². The lowest BCUT2D eigenvalue weighted by molar-refractivity contribution is -0.149. The second-order valence-corrected chi connectivity index (χ2v) is 9.67. The fourth-order valence-corrected chi connectivity index (χ4v) is 4.64. The molecule has 0 saturated heterocycles. The van der Waals surface area contributed by atoms with Crippen LogP contribution in [-0.4, -0.2) is 49.1 Å². The molecule has 0 fully saturated rings. The second-order valence-electron chi connectivity index (χ2n) is 6.10. The number of hydrogen-bond donors (Lipinski definition) is 2. The molecule has 7 nitrogen and oxygen atoms in total. The van der Waals surface area contributed by atoms with E-state index in [2.05, 4.69) is 13.6 Å². The Balaban J connectivity index is 2.89. The molecule has 0 spiro atoms. The van der Waals surface area contributed by atoms with Crippen LogP contribution in [-0.2, 0) is 18.8 Å². The molecule has 0 aliphatic rings. The molecular weight excluding hydrogens is 376 g/mol. The molecular formula is C17H29NO6P2. The molecule has 0 aliphatic carbocycles. The number of rotatable bonds is 11. The van der Waals surface area contributed by atoms with E-state index in [-0.39, 0.29) is 12.7 Å². The third kappa shape index (κ3) is 8.17. The van der Waals surface area contributed by atoms with Gasteiger partial charge in [-0.15, -0.1) is 0 Å². The number of ether oxygens (including phenoxy) is 2. The zero-order valence-electron chi connectivity index (χ0n) is 15.8. The van der Waals surface area contributed by atoms with Crippen LogP contribution < -0.4 is 9.61 Å². The molecule has 0 heterocycles. The van der Waals surface area contributed by atoms with E-state index in [4.69, 9.17) is 18.5 Å². The van der Waals surface area contributed by atoms with Crippen LogP contribution in [0.4, 0.5) is 0 Å². The number of nitrogens with one attached hydrogen (secondary N) is 1. The van der Waals surface area contributed by atoms with Gasteiger partial charge in [0.05, 0.1) is 18.8 Å². The topological polar surface area (TPSA) is 86.3 Å². The lowest BCUT2D eigenvalue weighted by atomic mass is 10.2. The van der Waals surface area contributed by atoms with Gasteiger partial charge in [0.15, 0.2) is 0 Å². The van der Waals surface area contributed by atoms with E-state index in [1.54, 1.807) is 39.8 Å². The monoisotopic (exact) mass is 405 g/mol. The van der Waals surface area contributed by atoms with E-state index >= 15 is 0 Å². The molecule has 148 valence electrons. The fraction of sp³-hybridized carbons (Fsp3) is 0.588. The van der Waals surface area contributed by atoms with Crippen molar-refractivity contribution in [3.63, 3.8) is 0 Å². The number of hydrogen-bond acceptors (Lipinski definition) is 6. The van der Waals surface area contributed by atoms with Crippen molar-refractivity contribution < 1.29 is 28.4 Å². The van der Waals surface area contributed by atoms with Gasteiger partial charge in [-0.2, -0.15) is 0 Å². The molecule has 4 atom stereocenters. The number of aliphatic hydroxyl groups excluding tert-OH is 1. The van der Waals surface area contributed by atoms with Crippen molar-refractivity contribution in [1.29, 1.82) is 0 Å². The quantitative estimate of drug-likeness (QED) is 0.432. The molecule has 1 rings (SSSR count). The van der Waals surface area contributed by atoms with Crippen LogP contribution in [0.15, 0.2) is 30.3 Å². The van der Waals surface area contributed by atoms with Gasteiger partial charge < -0.3 is 23.6 Å². The molecule has 2 unspecified atom stereocenters. The molecule has 0 saturated carbocycles. The summed E-state index contributed by atoms with van der Waals surface area (Å²) < 4.78 is 22.2. The Morgan fingerprint density at radius 1 is 1.23 bits per heavy atom. The van der Waals surface area contributed by atoms with Crippen LogP contribution in [0.2, 0.25) is 0 Å². The predicted octanol–water partition coefficient (Wildman–Crippen LogP) is 3.23. The number of benzene rings is 1. The zero-order valence-corrected chi connectivity index (χ0v) is 17.7. The summed E-state index contributed by atoms with van der Waals surface area (Å²) in [5.74, 6) is 0.153. The molecule has 1 aromatic carbocycles. The predicted molar refractivity (Wildman–Crippen MR) is 105 cm³/mol. The van der Waals surface area contributed by atoms with Crippen LogP contribution in [0.3, 0.4) is 0 Å². The van der Waals surface area contributed by atoms with Crippen molar-refractivity contribution in [2.24, 2.45) is 0 Å². The molecule has 0 aliphatic heterocycles. The molecule has 0 bridgehead atoms. The summed E-state index contributed by atoms with van der Waals surface area (Å²) in [4.78, 5) is 12.1. The first kappa shape index (κ1) is 23.1. The highest BCUT2D eigenvalue weighted by Gasteiger charge is 2.28. The van der Waals surface area contributed by atoms with Crippen LogP contribution >= 0.6 is 15.7 Å². The average molecular weight is 405 g/mol. The van der Waals surface area contributed by atoms with E-state index < -0.39 is 31.4 Å². The highest BCUT2D eigenvalue weighted by atomic mass is 31.8. The molecule has 26 heavy (non-hydrogen) atoms. The third-order valence-corrected chi connectivity index (χ3v) is 6.06. The lowest BCUT2D eigenvalue weighted by Crippen LogP contribution is -2.37. The first-order valence-corrected chi connectivity index (χ1v) is 11.4. The molecule has 1 aromatic rings.